The Balaban J connectivity index is 1.79. The van der Waals surface area contributed by atoms with Gasteiger partial charge in [-0.15, -0.1) is 0 Å². The van der Waals surface area contributed by atoms with Crippen molar-refractivity contribution < 1.29 is 9.84 Å². The molecule has 0 spiro atoms. The highest BCUT2D eigenvalue weighted by atomic mass is 16.5. The van der Waals surface area contributed by atoms with Crippen LogP contribution in [0.25, 0.3) is 0 Å². The Morgan fingerprint density at radius 3 is 2.71 bits per heavy atom. The van der Waals surface area contributed by atoms with Gasteiger partial charge in [-0.2, -0.15) is 0 Å². The first kappa shape index (κ1) is 11.1. The van der Waals surface area contributed by atoms with Gasteiger partial charge in [-0.05, 0) is 68.2 Å². The van der Waals surface area contributed by atoms with Crippen LogP contribution < -0.4 is 4.74 Å². The van der Waals surface area contributed by atoms with Gasteiger partial charge in [0.1, 0.15) is 5.75 Å². The van der Waals surface area contributed by atoms with Crippen molar-refractivity contribution in [1.82, 2.24) is 0 Å². The standard InChI is InChI=1S/C15H20O2/c16-15-7-3-4-11-8-9-13(10-14(11)15)17-12-5-1-2-6-12/h8-10,12,15-16H,1-7H2/t15-/m0/s1. The van der Waals surface area contributed by atoms with Crippen LogP contribution in [0, 0.1) is 0 Å². The third-order valence-corrected chi connectivity index (χ3v) is 4.00. The fourth-order valence-corrected chi connectivity index (χ4v) is 3.02. The van der Waals surface area contributed by atoms with E-state index in [9.17, 15) is 5.11 Å². The number of rotatable bonds is 2. The van der Waals surface area contributed by atoms with Crippen molar-refractivity contribution in [1.29, 1.82) is 0 Å². The summed E-state index contributed by atoms with van der Waals surface area (Å²) in [5.41, 5.74) is 2.38. The van der Waals surface area contributed by atoms with Gasteiger partial charge in [0, 0.05) is 0 Å². The molecule has 2 heteroatoms. The maximum atomic E-state index is 9.99. The van der Waals surface area contributed by atoms with Crippen LogP contribution in [0.4, 0.5) is 0 Å². The summed E-state index contributed by atoms with van der Waals surface area (Å²) in [6, 6.07) is 6.24. The van der Waals surface area contributed by atoms with E-state index in [0.717, 1.165) is 30.6 Å². The molecule has 92 valence electrons. The maximum absolute atomic E-state index is 9.99. The molecule has 2 aliphatic rings. The van der Waals surface area contributed by atoms with Crippen molar-refractivity contribution in [3.63, 3.8) is 0 Å². The summed E-state index contributed by atoms with van der Waals surface area (Å²) in [6.07, 6.45) is 8.13. The summed E-state index contributed by atoms with van der Waals surface area (Å²) in [5.74, 6) is 0.941. The summed E-state index contributed by atoms with van der Waals surface area (Å²) < 4.78 is 5.98. The van der Waals surface area contributed by atoms with Crippen molar-refractivity contribution in [2.75, 3.05) is 0 Å². The summed E-state index contributed by atoms with van der Waals surface area (Å²) in [7, 11) is 0. The van der Waals surface area contributed by atoms with E-state index >= 15 is 0 Å². The Labute approximate surface area is 103 Å². The Morgan fingerprint density at radius 2 is 1.88 bits per heavy atom. The highest BCUT2D eigenvalue weighted by molar-refractivity contribution is 5.38. The first-order valence-corrected chi connectivity index (χ1v) is 6.80. The largest absolute Gasteiger partial charge is 0.490 e. The first-order valence-electron chi connectivity index (χ1n) is 6.80. The molecule has 17 heavy (non-hydrogen) atoms. The zero-order chi connectivity index (χ0) is 11.7. The second-order valence-corrected chi connectivity index (χ2v) is 5.29. The highest BCUT2D eigenvalue weighted by Gasteiger charge is 2.20. The van der Waals surface area contributed by atoms with Gasteiger partial charge >= 0.3 is 0 Å². The number of hydrogen-bond acceptors (Lipinski definition) is 2. The zero-order valence-electron chi connectivity index (χ0n) is 10.2. The lowest BCUT2D eigenvalue weighted by atomic mass is 9.89. The van der Waals surface area contributed by atoms with Crippen molar-refractivity contribution in [3.05, 3.63) is 29.3 Å². The summed E-state index contributed by atoms with van der Waals surface area (Å²) in [6.45, 7) is 0. The van der Waals surface area contributed by atoms with Gasteiger partial charge in [0.2, 0.25) is 0 Å². The molecule has 2 aliphatic carbocycles. The average Bonchev–Trinajstić information content (AvgIpc) is 2.83. The molecule has 2 nitrogen and oxygen atoms in total. The predicted octanol–water partition coefficient (Wildman–Crippen LogP) is 3.38. The molecule has 1 aromatic rings. The maximum Gasteiger partial charge on any atom is 0.120 e. The third-order valence-electron chi connectivity index (χ3n) is 4.00. The van der Waals surface area contributed by atoms with Crippen LogP contribution in [-0.2, 0) is 6.42 Å². The molecular weight excluding hydrogens is 212 g/mol. The van der Waals surface area contributed by atoms with E-state index in [1.165, 1.54) is 31.2 Å². The van der Waals surface area contributed by atoms with Crippen LogP contribution in [0.3, 0.4) is 0 Å². The van der Waals surface area contributed by atoms with Gasteiger partial charge in [-0.1, -0.05) is 6.07 Å². The van der Waals surface area contributed by atoms with E-state index in [4.69, 9.17) is 4.74 Å². The highest BCUT2D eigenvalue weighted by Crippen LogP contribution is 2.33. The lowest BCUT2D eigenvalue weighted by molar-refractivity contribution is 0.155. The molecule has 0 radical (unpaired) electrons. The molecule has 3 rings (SSSR count). The number of benzene rings is 1. The van der Waals surface area contributed by atoms with E-state index in [1.54, 1.807) is 0 Å². The van der Waals surface area contributed by atoms with Gasteiger partial charge in [0.05, 0.1) is 12.2 Å². The van der Waals surface area contributed by atoms with Gasteiger partial charge in [-0.25, -0.2) is 0 Å². The molecule has 0 aliphatic heterocycles. The SMILES string of the molecule is O[C@H]1CCCc2ccc(OC3CCCC3)cc21. The molecule has 1 aromatic carbocycles. The van der Waals surface area contributed by atoms with E-state index < -0.39 is 0 Å². The monoisotopic (exact) mass is 232 g/mol. The number of ether oxygens (including phenoxy) is 1. The Hall–Kier alpha value is -1.02. The van der Waals surface area contributed by atoms with Crippen LogP contribution in [-0.4, -0.2) is 11.2 Å². The summed E-state index contributed by atoms with van der Waals surface area (Å²) in [4.78, 5) is 0. The smallest absolute Gasteiger partial charge is 0.120 e. The topological polar surface area (TPSA) is 29.5 Å². The number of hydrogen-bond donors (Lipinski definition) is 1. The Bertz CT molecular complexity index is 394. The minimum atomic E-state index is -0.286. The third kappa shape index (κ3) is 2.32. The fourth-order valence-electron chi connectivity index (χ4n) is 3.02. The summed E-state index contributed by atoms with van der Waals surface area (Å²) in [5, 5.41) is 9.99. The van der Waals surface area contributed by atoms with Crippen LogP contribution in [0.2, 0.25) is 0 Å². The number of aryl methyl sites for hydroxylation is 1. The van der Waals surface area contributed by atoms with Gasteiger partial charge in [0.25, 0.3) is 0 Å². The van der Waals surface area contributed by atoms with Crippen LogP contribution in [0.15, 0.2) is 18.2 Å². The van der Waals surface area contributed by atoms with Gasteiger partial charge < -0.3 is 9.84 Å². The second-order valence-electron chi connectivity index (χ2n) is 5.29. The quantitative estimate of drug-likeness (QED) is 0.847. The number of fused-ring (bicyclic) bond motifs is 1. The molecule has 0 heterocycles. The average molecular weight is 232 g/mol. The van der Waals surface area contributed by atoms with E-state index in [2.05, 4.69) is 18.2 Å². The van der Waals surface area contributed by atoms with Crippen LogP contribution in [0.5, 0.6) is 5.75 Å². The van der Waals surface area contributed by atoms with E-state index in [0.29, 0.717) is 6.10 Å². The predicted molar refractivity (Wildman–Crippen MR) is 67.2 cm³/mol. The molecule has 0 amide bonds. The molecule has 0 bridgehead atoms. The van der Waals surface area contributed by atoms with Crippen LogP contribution in [0.1, 0.15) is 55.8 Å². The Kier molecular flexibility index (Phi) is 3.06. The fraction of sp³-hybridized carbons (Fsp3) is 0.600. The van der Waals surface area contributed by atoms with Crippen LogP contribution >= 0.6 is 0 Å². The molecule has 0 aromatic heterocycles. The number of aliphatic hydroxyl groups is 1. The number of aliphatic hydroxyl groups excluding tert-OH is 1. The van der Waals surface area contributed by atoms with E-state index in [1.807, 2.05) is 0 Å². The summed E-state index contributed by atoms with van der Waals surface area (Å²) >= 11 is 0. The molecular formula is C15H20O2. The van der Waals surface area contributed by atoms with Gasteiger partial charge in [0.15, 0.2) is 0 Å². The molecule has 1 atom stereocenters. The van der Waals surface area contributed by atoms with E-state index in [-0.39, 0.29) is 6.10 Å². The first-order chi connectivity index (χ1) is 8.33. The minimum absolute atomic E-state index is 0.286. The van der Waals surface area contributed by atoms with Crippen molar-refractivity contribution in [3.8, 4) is 5.75 Å². The molecule has 1 N–H and O–H groups in total. The molecule has 0 unspecified atom stereocenters. The van der Waals surface area contributed by atoms with Crippen molar-refractivity contribution in [2.45, 2.75) is 57.2 Å². The Morgan fingerprint density at radius 1 is 1.06 bits per heavy atom. The molecule has 1 saturated carbocycles. The molecule has 1 fully saturated rings. The molecule has 0 saturated heterocycles. The van der Waals surface area contributed by atoms with Gasteiger partial charge in [-0.3, -0.25) is 0 Å². The minimum Gasteiger partial charge on any atom is -0.490 e. The lowest BCUT2D eigenvalue weighted by Crippen LogP contribution is -2.13. The van der Waals surface area contributed by atoms with Crippen molar-refractivity contribution >= 4 is 0 Å². The lowest BCUT2D eigenvalue weighted by Gasteiger charge is -2.22. The zero-order valence-corrected chi connectivity index (χ0v) is 10.2. The van der Waals surface area contributed by atoms with Crippen molar-refractivity contribution in [2.24, 2.45) is 0 Å². The second kappa shape index (κ2) is 4.69. The normalized spacial score (nSPS) is 24.6.